The number of hydrogen-bond acceptors (Lipinski definition) is 4. The normalized spacial score (nSPS) is 18.9. The van der Waals surface area contributed by atoms with Crippen LogP contribution in [0.2, 0.25) is 0 Å². The molecule has 2 heterocycles. The Bertz CT molecular complexity index is 999. The molecular formula is C21H19N3O2S. The maximum Gasteiger partial charge on any atom is 0.254 e. The van der Waals surface area contributed by atoms with Crippen molar-refractivity contribution in [3.05, 3.63) is 82.4 Å². The monoisotopic (exact) mass is 377 g/mol. The molecule has 0 radical (unpaired) electrons. The molecule has 0 spiro atoms. The van der Waals surface area contributed by atoms with Gasteiger partial charge < -0.3 is 10.2 Å². The number of anilines is 1. The summed E-state index contributed by atoms with van der Waals surface area (Å²) in [6, 6.07) is 16.6. The van der Waals surface area contributed by atoms with E-state index in [1.807, 2.05) is 60.8 Å². The van der Waals surface area contributed by atoms with E-state index in [0.29, 0.717) is 10.7 Å². The maximum atomic E-state index is 13.3. The highest BCUT2D eigenvalue weighted by Gasteiger charge is 2.42. The summed E-state index contributed by atoms with van der Waals surface area (Å²) in [4.78, 5) is 32.2. The molecule has 2 amide bonds. The van der Waals surface area contributed by atoms with Crippen molar-refractivity contribution in [2.75, 3.05) is 12.4 Å². The van der Waals surface area contributed by atoms with Crippen LogP contribution in [0.5, 0.6) is 0 Å². The molecule has 1 aliphatic rings. The molecule has 5 nitrogen and oxygen atoms in total. The first kappa shape index (κ1) is 17.4. The first-order chi connectivity index (χ1) is 13.1. The van der Waals surface area contributed by atoms with Crippen molar-refractivity contribution in [3.63, 3.8) is 0 Å². The Morgan fingerprint density at radius 3 is 2.52 bits per heavy atom. The van der Waals surface area contributed by atoms with Crippen LogP contribution in [0.1, 0.15) is 39.1 Å². The first-order valence-corrected chi connectivity index (χ1v) is 9.58. The molecule has 1 N–H and O–H groups in total. The Labute approximate surface area is 161 Å². The van der Waals surface area contributed by atoms with Gasteiger partial charge in [0.1, 0.15) is 0 Å². The van der Waals surface area contributed by atoms with Crippen molar-refractivity contribution in [1.29, 1.82) is 0 Å². The lowest BCUT2D eigenvalue weighted by Gasteiger charge is -2.39. The zero-order valence-corrected chi connectivity index (χ0v) is 15.9. The predicted octanol–water partition coefficient (Wildman–Crippen LogP) is 4.00. The second kappa shape index (κ2) is 6.96. The smallest absolute Gasteiger partial charge is 0.254 e. The van der Waals surface area contributed by atoms with Crippen molar-refractivity contribution in [2.45, 2.75) is 18.9 Å². The van der Waals surface area contributed by atoms with E-state index in [4.69, 9.17) is 0 Å². The van der Waals surface area contributed by atoms with E-state index in [2.05, 4.69) is 10.3 Å². The number of likely N-dealkylation sites (N-methyl/N-ethyl adjacent to an activating group) is 1. The maximum absolute atomic E-state index is 13.3. The van der Waals surface area contributed by atoms with Gasteiger partial charge in [-0.2, -0.15) is 0 Å². The molecule has 0 aliphatic carbocycles. The number of rotatable bonds is 3. The minimum Gasteiger partial charge on any atom is -0.334 e. The molecule has 0 fully saturated rings. The summed E-state index contributed by atoms with van der Waals surface area (Å²) in [6.07, 6.45) is 0. The fraction of sp³-hybridized carbons (Fsp3) is 0.190. The van der Waals surface area contributed by atoms with Gasteiger partial charge in [0.25, 0.3) is 5.91 Å². The molecule has 136 valence electrons. The van der Waals surface area contributed by atoms with Crippen LogP contribution in [-0.2, 0) is 4.79 Å². The van der Waals surface area contributed by atoms with E-state index >= 15 is 0 Å². The second-order valence-corrected chi connectivity index (χ2v) is 7.48. The van der Waals surface area contributed by atoms with Crippen LogP contribution in [-0.4, -0.2) is 28.7 Å². The number of amides is 2. The van der Waals surface area contributed by atoms with Gasteiger partial charge >= 0.3 is 0 Å². The van der Waals surface area contributed by atoms with E-state index in [0.717, 1.165) is 16.8 Å². The predicted molar refractivity (Wildman–Crippen MR) is 106 cm³/mol. The number of hydrogen-bond donors (Lipinski definition) is 1. The highest BCUT2D eigenvalue weighted by Crippen LogP contribution is 2.42. The number of benzene rings is 2. The average Bonchev–Trinajstić information content (AvgIpc) is 3.09. The van der Waals surface area contributed by atoms with Crippen molar-refractivity contribution in [1.82, 2.24) is 9.88 Å². The molecule has 4 rings (SSSR count). The Morgan fingerprint density at radius 2 is 1.81 bits per heavy atom. The van der Waals surface area contributed by atoms with Gasteiger partial charge in [-0.15, -0.1) is 11.3 Å². The zero-order valence-electron chi connectivity index (χ0n) is 15.0. The Kier molecular flexibility index (Phi) is 4.49. The summed E-state index contributed by atoms with van der Waals surface area (Å²) in [7, 11) is 1.75. The Balaban J connectivity index is 1.81. The third-order valence-corrected chi connectivity index (χ3v) is 5.73. The molecule has 2 aromatic carbocycles. The van der Waals surface area contributed by atoms with Gasteiger partial charge in [-0.05, 0) is 24.1 Å². The number of nitrogens with one attached hydrogen (secondary N) is 1. The van der Waals surface area contributed by atoms with Crippen LogP contribution in [0.3, 0.4) is 0 Å². The van der Waals surface area contributed by atoms with E-state index in [9.17, 15) is 9.59 Å². The van der Waals surface area contributed by atoms with Gasteiger partial charge in [0.15, 0.2) is 5.13 Å². The largest absolute Gasteiger partial charge is 0.334 e. The molecule has 0 unspecified atom stereocenters. The highest BCUT2D eigenvalue weighted by atomic mass is 32.1. The van der Waals surface area contributed by atoms with Crippen molar-refractivity contribution in [3.8, 4) is 0 Å². The van der Waals surface area contributed by atoms with Gasteiger partial charge in [-0.25, -0.2) is 4.98 Å². The third-order valence-electron chi connectivity index (χ3n) is 4.85. The standard InChI is InChI=1S/C21H19N3O2S/c1-13-12-27-21(22-13)23-19(25)17-15-10-6-7-11-16(15)20(26)24(2)18(17)14-8-4-3-5-9-14/h3-12,17-18H,1-2H3,(H,22,23,25)/t17-,18-/m1/s1. The lowest BCUT2D eigenvalue weighted by molar-refractivity contribution is -0.119. The van der Waals surface area contributed by atoms with Crippen molar-refractivity contribution >= 4 is 28.3 Å². The molecule has 1 aliphatic heterocycles. The van der Waals surface area contributed by atoms with Crippen LogP contribution in [0.15, 0.2) is 60.0 Å². The van der Waals surface area contributed by atoms with Crippen LogP contribution in [0, 0.1) is 6.92 Å². The Hall–Kier alpha value is -2.99. The molecule has 2 atom stereocenters. The van der Waals surface area contributed by atoms with E-state index in [1.165, 1.54) is 11.3 Å². The number of carbonyl (C=O) groups is 2. The van der Waals surface area contributed by atoms with Crippen molar-refractivity contribution in [2.24, 2.45) is 0 Å². The molecule has 3 aromatic rings. The van der Waals surface area contributed by atoms with Crippen LogP contribution in [0.25, 0.3) is 0 Å². The number of thiazole rings is 1. The molecule has 1 aromatic heterocycles. The number of carbonyl (C=O) groups excluding carboxylic acids is 2. The number of nitrogens with zero attached hydrogens (tertiary/aromatic N) is 2. The number of fused-ring (bicyclic) bond motifs is 1. The van der Waals surface area contributed by atoms with Gasteiger partial charge in [-0.1, -0.05) is 48.5 Å². The summed E-state index contributed by atoms with van der Waals surface area (Å²) in [5.41, 5.74) is 3.12. The van der Waals surface area contributed by atoms with E-state index < -0.39 is 5.92 Å². The van der Waals surface area contributed by atoms with Gasteiger partial charge in [0.05, 0.1) is 17.7 Å². The third kappa shape index (κ3) is 3.13. The van der Waals surface area contributed by atoms with Crippen molar-refractivity contribution < 1.29 is 9.59 Å². The van der Waals surface area contributed by atoms with Crippen LogP contribution >= 0.6 is 11.3 Å². The summed E-state index contributed by atoms with van der Waals surface area (Å²) in [5.74, 6) is -0.755. The molecular weight excluding hydrogens is 358 g/mol. The minimum atomic E-state index is -0.518. The number of aromatic nitrogens is 1. The lowest BCUT2D eigenvalue weighted by atomic mass is 9.79. The molecule has 0 saturated carbocycles. The lowest BCUT2D eigenvalue weighted by Crippen LogP contribution is -2.44. The summed E-state index contributed by atoms with van der Waals surface area (Å²) >= 11 is 1.40. The van der Waals surface area contributed by atoms with Gasteiger partial charge in [0, 0.05) is 18.0 Å². The zero-order chi connectivity index (χ0) is 19.0. The van der Waals surface area contributed by atoms with Gasteiger partial charge in [-0.3, -0.25) is 9.59 Å². The number of aryl methyl sites for hydroxylation is 1. The minimum absolute atomic E-state index is 0.0754. The fourth-order valence-electron chi connectivity index (χ4n) is 3.62. The summed E-state index contributed by atoms with van der Waals surface area (Å²) < 4.78 is 0. The molecule has 0 bridgehead atoms. The topological polar surface area (TPSA) is 62.3 Å². The second-order valence-electron chi connectivity index (χ2n) is 6.62. The van der Waals surface area contributed by atoms with Crippen LogP contribution < -0.4 is 5.32 Å². The first-order valence-electron chi connectivity index (χ1n) is 8.70. The average molecular weight is 377 g/mol. The quantitative estimate of drug-likeness (QED) is 0.750. The SMILES string of the molecule is Cc1csc(NC(=O)[C@@H]2c3ccccc3C(=O)N(C)[C@@H]2c2ccccc2)n1. The summed E-state index contributed by atoms with van der Waals surface area (Å²) in [6.45, 7) is 1.89. The fourth-order valence-corrected chi connectivity index (χ4v) is 4.31. The molecule has 6 heteroatoms. The molecule has 27 heavy (non-hydrogen) atoms. The molecule has 0 saturated heterocycles. The van der Waals surface area contributed by atoms with Gasteiger partial charge in [0.2, 0.25) is 5.91 Å². The highest BCUT2D eigenvalue weighted by molar-refractivity contribution is 7.13. The van der Waals surface area contributed by atoms with E-state index in [-0.39, 0.29) is 17.9 Å². The summed E-state index contributed by atoms with van der Waals surface area (Å²) in [5, 5.41) is 5.41. The Morgan fingerprint density at radius 1 is 1.11 bits per heavy atom. The van der Waals surface area contributed by atoms with Crippen LogP contribution in [0.4, 0.5) is 5.13 Å². The van der Waals surface area contributed by atoms with E-state index in [1.54, 1.807) is 18.0 Å².